The SMILES string of the molecule is COc1cccc(-c2nnc(CS(=O)(=O)[C@@H](C)[C@H](O)c3ncc(F)cn3)n2-c2c(OC)cccc2OC)n1. The summed E-state index contributed by atoms with van der Waals surface area (Å²) in [5.74, 6) is -0.331. The first kappa shape index (κ1) is 26.9. The summed E-state index contributed by atoms with van der Waals surface area (Å²) < 4.78 is 57.9. The minimum Gasteiger partial charge on any atom is -0.494 e. The van der Waals surface area contributed by atoms with Crippen molar-refractivity contribution in [2.24, 2.45) is 0 Å². The highest BCUT2D eigenvalue weighted by molar-refractivity contribution is 7.91. The summed E-state index contributed by atoms with van der Waals surface area (Å²) >= 11 is 0. The average Bonchev–Trinajstić information content (AvgIpc) is 3.34. The van der Waals surface area contributed by atoms with Crippen molar-refractivity contribution in [3.8, 4) is 34.6 Å². The number of rotatable bonds is 10. The second-order valence-corrected chi connectivity index (χ2v) is 10.4. The lowest BCUT2D eigenvalue weighted by Gasteiger charge is -2.20. The molecular formula is C24H25FN6O6S. The first-order chi connectivity index (χ1) is 18.2. The van der Waals surface area contributed by atoms with E-state index in [0.717, 1.165) is 12.4 Å². The number of aromatic nitrogens is 6. The quantitative estimate of drug-likeness (QED) is 0.313. The van der Waals surface area contributed by atoms with Crippen LogP contribution in [0.4, 0.5) is 4.39 Å². The van der Waals surface area contributed by atoms with Gasteiger partial charge < -0.3 is 19.3 Å². The Bertz CT molecular complexity index is 1510. The molecule has 0 bridgehead atoms. The van der Waals surface area contributed by atoms with Crippen LogP contribution < -0.4 is 14.2 Å². The van der Waals surface area contributed by atoms with Gasteiger partial charge >= 0.3 is 0 Å². The number of aliphatic hydroxyl groups excluding tert-OH is 1. The molecule has 1 N–H and O–H groups in total. The summed E-state index contributed by atoms with van der Waals surface area (Å²) in [4.78, 5) is 11.8. The Morgan fingerprint density at radius 2 is 1.61 bits per heavy atom. The number of para-hydroxylation sites is 1. The van der Waals surface area contributed by atoms with E-state index in [9.17, 15) is 17.9 Å². The van der Waals surface area contributed by atoms with Gasteiger partial charge in [-0.1, -0.05) is 12.1 Å². The van der Waals surface area contributed by atoms with Crippen LogP contribution in [0.3, 0.4) is 0 Å². The number of methoxy groups -OCH3 is 3. The van der Waals surface area contributed by atoms with E-state index in [2.05, 4.69) is 25.1 Å². The van der Waals surface area contributed by atoms with Crippen molar-refractivity contribution in [2.45, 2.75) is 24.0 Å². The molecule has 4 aromatic rings. The van der Waals surface area contributed by atoms with Crippen molar-refractivity contribution >= 4 is 9.84 Å². The van der Waals surface area contributed by atoms with Crippen molar-refractivity contribution in [3.63, 3.8) is 0 Å². The largest absolute Gasteiger partial charge is 0.494 e. The van der Waals surface area contributed by atoms with E-state index in [1.807, 2.05) is 0 Å². The normalized spacial score (nSPS) is 13.1. The Morgan fingerprint density at radius 1 is 0.974 bits per heavy atom. The van der Waals surface area contributed by atoms with Crippen LogP contribution in [0, 0.1) is 5.82 Å². The maximum atomic E-state index is 13.5. The molecule has 0 radical (unpaired) electrons. The molecule has 14 heteroatoms. The van der Waals surface area contributed by atoms with Gasteiger partial charge in [-0.15, -0.1) is 10.2 Å². The molecule has 0 aliphatic carbocycles. The number of benzene rings is 1. The molecule has 0 unspecified atom stereocenters. The molecule has 4 rings (SSSR count). The van der Waals surface area contributed by atoms with Crippen LogP contribution in [-0.4, -0.2) is 69.8 Å². The molecule has 2 atom stereocenters. The molecule has 1 aromatic carbocycles. The molecule has 3 aromatic heterocycles. The van der Waals surface area contributed by atoms with Crippen LogP contribution in [0.5, 0.6) is 17.4 Å². The standard InChI is InChI=1S/C24H25FN6O6S/c1-14(22(32)23-26-11-15(25)12-27-23)38(33,34)13-19-29-30-24(16-7-5-10-20(28-16)37-4)31(19)21-17(35-2)8-6-9-18(21)36-3/h5-12,14,22,32H,13H2,1-4H3/t14-,22-/m0/s1. The third-order valence-corrected chi connectivity index (χ3v) is 7.81. The number of pyridine rings is 1. The summed E-state index contributed by atoms with van der Waals surface area (Å²) in [7, 11) is 0.296. The topological polar surface area (TPSA) is 151 Å². The highest BCUT2D eigenvalue weighted by Gasteiger charge is 2.34. The van der Waals surface area contributed by atoms with Gasteiger partial charge in [0.15, 0.2) is 33.1 Å². The lowest BCUT2D eigenvalue weighted by Crippen LogP contribution is -2.29. The molecule has 0 saturated carbocycles. The predicted octanol–water partition coefficient (Wildman–Crippen LogP) is 2.32. The highest BCUT2D eigenvalue weighted by Crippen LogP contribution is 2.37. The summed E-state index contributed by atoms with van der Waals surface area (Å²) in [6, 6.07) is 10.1. The Morgan fingerprint density at radius 3 is 2.21 bits per heavy atom. The van der Waals surface area contributed by atoms with E-state index in [-0.39, 0.29) is 17.5 Å². The van der Waals surface area contributed by atoms with Crippen molar-refractivity contribution < 1.29 is 32.1 Å². The van der Waals surface area contributed by atoms with Crippen LogP contribution >= 0.6 is 0 Å². The molecule has 12 nitrogen and oxygen atoms in total. The molecule has 0 amide bonds. The first-order valence-corrected chi connectivity index (χ1v) is 13.0. The summed E-state index contributed by atoms with van der Waals surface area (Å²) in [5, 5.41) is 17.7. The van der Waals surface area contributed by atoms with Gasteiger partial charge in [0.2, 0.25) is 5.88 Å². The van der Waals surface area contributed by atoms with Gasteiger partial charge in [-0.25, -0.2) is 27.8 Å². The zero-order valence-electron chi connectivity index (χ0n) is 20.9. The zero-order chi connectivity index (χ0) is 27.4. The third kappa shape index (κ3) is 5.26. The van der Waals surface area contributed by atoms with Crippen molar-refractivity contribution in [2.75, 3.05) is 21.3 Å². The van der Waals surface area contributed by atoms with Gasteiger partial charge in [-0.3, -0.25) is 4.57 Å². The second-order valence-electron chi connectivity index (χ2n) is 8.07. The maximum Gasteiger partial charge on any atom is 0.213 e. The lowest BCUT2D eigenvalue weighted by molar-refractivity contribution is 0.165. The van der Waals surface area contributed by atoms with Crippen molar-refractivity contribution in [3.05, 3.63) is 66.3 Å². The maximum absolute atomic E-state index is 13.5. The Balaban J connectivity index is 1.84. The van der Waals surface area contributed by atoms with Crippen LogP contribution in [0.1, 0.15) is 24.7 Å². The smallest absolute Gasteiger partial charge is 0.213 e. The van der Waals surface area contributed by atoms with Crippen LogP contribution in [-0.2, 0) is 15.6 Å². The van der Waals surface area contributed by atoms with Crippen molar-refractivity contribution in [1.29, 1.82) is 0 Å². The number of ether oxygens (including phenoxy) is 3. The molecule has 38 heavy (non-hydrogen) atoms. The number of hydrogen-bond donors (Lipinski definition) is 1. The number of hydrogen-bond acceptors (Lipinski definition) is 11. The number of halogens is 1. The minimum absolute atomic E-state index is 0.00601. The van der Waals surface area contributed by atoms with Gasteiger partial charge in [-0.05, 0) is 25.1 Å². The van der Waals surface area contributed by atoms with Crippen LogP contribution in [0.15, 0.2) is 48.8 Å². The van der Waals surface area contributed by atoms with E-state index in [1.165, 1.54) is 32.8 Å². The zero-order valence-corrected chi connectivity index (χ0v) is 21.8. The molecule has 3 heterocycles. The third-order valence-electron chi connectivity index (χ3n) is 5.76. The van der Waals surface area contributed by atoms with E-state index >= 15 is 0 Å². The van der Waals surface area contributed by atoms with E-state index < -0.39 is 32.8 Å². The van der Waals surface area contributed by atoms with Crippen LogP contribution in [0.2, 0.25) is 0 Å². The number of sulfone groups is 1. The second kappa shape index (κ2) is 11.1. The Hall–Kier alpha value is -4.17. The lowest BCUT2D eigenvalue weighted by atomic mass is 10.2. The fourth-order valence-electron chi connectivity index (χ4n) is 3.71. The fourth-order valence-corrected chi connectivity index (χ4v) is 5.03. The monoisotopic (exact) mass is 544 g/mol. The first-order valence-electron chi connectivity index (χ1n) is 11.2. The van der Waals surface area contributed by atoms with Crippen molar-refractivity contribution in [1.82, 2.24) is 29.7 Å². The molecule has 0 aliphatic heterocycles. The van der Waals surface area contributed by atoms with E-state index in [0.29, 0.717) is 28.8 Å². The summed E-state index contributed by atoms with van der Waals surface area (Å²) in [6.07, 6.45) is 0.0866. The molecule has 200 valence electrons. The Kier molecular flexibility index (Phi) is 7.83. The predicted molar refractivity (Wildman–Crippen MR) is 133 cm³/mol. The van der Waals surface area contributed by atoms with Gasteiger partial charge in [0.25, 0.3) is 0 Å². The summed E-state index contributed by atoms with van der Waals surface area (Å²) in [5.41, 5.74) is 0.698. The molecule has 0 aliphatic rings. The molecule has 0 spiro atoms. The van der Waals surface area contributed by atoms with Gasteiger partial charge in [0.1, 0.15) is 34.7 Å². The molecular weight excluding hydrogens is 519 g/mol. The number of aliphatic hydroxyl groups is 1. The minimum atomic E-state index is -4.10. The van der Waals surface area contributed by atoms with Gasteiger partial charge in [0, 0.05) is 6.07 Å². The summed E-state index contributed by atoms with van der Waals surface area (Å²) in [6.45, 7) is 1.31. The fraction of sp³-hybridized carbons (Fsp3) is 0.292. The Labute approximate surface area is 218 Å². The molecule has 0 saturated heterocycles. The van der Waals surface area contributed by atoms with E-state index in [4.69, 9.17) is 14.2 Å². The number of nitrogens with zero attached hydrogens (tertiary/aromatic N) is 6. The van der Waals surface area contributed by atoms with Crippen LogP contribution in [0.25, 0.3) is 17.2 Å². The average molecular weight is 545 g/mol. The molecule has 0 fully saturated rings. The highest BCUT2D eigenvalue weighted by atomic mass is 32.2. The van der Waals surface area contributed by atoms with Gasteiger partial charge in [0.05, 0.1) is 39.0 Å². The van der Waals surface area contributed by atoms with Gasteiger partial charge in [-0.2, -0.15) is 0 Å². The van der Waals surface area contributed by atoms with E-state index in [1.54, 1.807) is 36.4 Å².